The number of nitrogens with zero attached hydrogens (tertiary/aromatic N) is 1. The lowest BCUT2D eigenvalue weighted by atomic mass is 10.5. The van der Waals surface area contributed by atoms with E-state index in [1.54, 1.807) is 19.3 Å². The third-order valence-corrected chi connectivity index (χ3v) is 1.12. The van der Waals surface area contributed by atoms with Gasteiger partial charge in [-0.25, -0.2) is 4.98 Å². The molecule has 1 heterocycles. The lowest BCUT2D eigenvalue weighted by molar-refractivity contribution is 0.154. The molecule has 1 aromatic rings. The van der Waals surface area contributed by atoms with Crippen molar-refractivity contribution in [2.24, 2.45) is 0 Å². The van der Waals surface area contributed by atoms with E-state index < -0.39 is 6.23 Å². The minimum absolute atomic E-state index is 0.481. The fourth-order valence-corrected chi connectivity index (χ4v) is 0.639. The highest BCUT2D eigenvalue weighted by atomic mass is 16.3. The zero-order chi connectivity index (χ0) is 7.40. The van der Waals surface area contributed by atoms with Crippen LogP contribution in [-0.4, -0.2) is 21.3 Å². The van der Waals surface area contributed by atoms with E-state index in [0.29, 0.717) is 6.54 Å². The van der Waals surface area contributed by atoms with Crippen LogP contribution in [0.1, 0.15) is 12.7 Å². The summed E-state index contributed by atoms with van der Waals surface area (Å²) in [4.78, 5) is 6.87. The Morgan fingerprint density at radius 3 is 3.20 bits per heavy atom. The van der Waals surface area contributed by atoms with E-state index in [2.05, 4.69) is 15.3 Å². The molecule has 4 heteroatoms. The van der Waals surface area contributed by atoms with Crippen molar-refractivity contribution in [3.05, 3.63) is 18.2 Å². The van der Waals surface area contributed by atoms with E-state index in [1.807, 2.05) is 0 Å². The highest BCUT2D eigenvalue weighted by Crippen LogP contribution is 1.86. The second kappa shape index (κ2) is 3.34. The number of aromatic nitrogens is 2. The van der Waals surface area contributed by atoms with E-state index in [9.17, 15) is 0 Å². The van der Waals surface area contributed by atoms with Crippen molar-refractivity contribution in [2.45, 2.75) is 19.7 Å². The van der Waals surface area contributed by atoms with Gasteiger partial charge in [-0.05, 0) is 6.92 Å². The molecule has 0 aromatic carbocycles. The summed E-state index contributed by atoms with van der Waals surface area (Å²) >= 11 is 0. The van der Waals surface area contributed by atoms with Crippen molar-refractivity contribution in [1.82, 2.24) is 15.3 Å². The molecule has 0 spiro atoms. The molecule has 0 aliphatic carbocycles. The van der Waals surface area contributed by atoms with Crippen LogP contribution >= 0.6 is 0 Å². The third kappa shape index (κ3) is 2.16. The maximum atomic E-state index is 8.80. The van der Waals surface area contributed by atoms with Crippen molar-refractivity contribution in [1.29, 1.82) is 0 Å². The minimum atomic E-state index is -0.481. The number of aromatic amines is 1. The van der Waals surface area contributed by atoms with Gasteiger partial charge in [-0.2, -0.15) is 0 Å². The van der Waals surface area contributed by atoms with Gasteiger partial charge in [0.1, 0.15) is 12.1 Å². The van der Waals surface area contributed by atoms with Crippen LogP contribution in [0.25, 0.3) is 0 Å². The molecule has 0 aliphatic rings. The van der Waals surface area contributed by atoms with Crippen molar-refractivity contribution in [2.75, 3.05) is 0 Å². The van der Waals surface area contributed by atoms with Crippen LogP contribution < -0.4 is 5.32 Å². The zero-order valence-corrected chi connectivity index (χ0v) is 5.83. The predicted octanol–water partition coefficient (Wildman–Crippen LogP) is -0.162. The minimum Gasteiger partial charge on any atom is -0.379 e. The number of nitrogens with one attached hydrogen (secondary N) is 2. The molecule has 0 amide bonds. The molecule has 0 fully saturated rings. The molecule has 1 atom stereocenters. The molecular weight excluding hydrogens is 130 g/mol. The molecule has 1 aromatic heterocycles. The molecule has 0 saturated carbocycles. The molecular formula is C6H11N3O. The lowest BCUT2D eigenvalue weighted by Crippen LogP contribution is -2.24. The first-order valence-electron chi connectivity index (χ1n) is 3.19. The van der Waals surface area contributed by atoms with Crippen LogP contribution in [0.3, 0.4) is 0 Å². The molecule has 10 heavy (non-hydrogen) atoms. The Hall–Kier alpha value is -0.870. The summed E-state index contributed by atoms with van der Waals surface area (Å²) < 4.78 is 0. The van der Waals surface area contributed by atoms with Crippen molar-refractivity contribution in [3.8, 4) is 0 Å². The summed E-state index contributed by atoms with van der Waals surface area (Å²) in [7, 11) is 0. The molecule has 1 rings (SSSR count). The van der Waals surface area contributed by atoms with Crippen LogP contribution in [0.2, 0.25) is 0 Å². The largest absolute Gasteiger partial charge is 0.379 e. The smallest absolute Gasteiger partial charge is 0.120 e. The number of imidazole rings is 1. The van der Waals surface area contributed by atoms with Gasteiger partial charge < -0.3 is 10.1 Å². The van der Waals surface area contributed by atoms with Gasteiger partial charge in [0.05, 0.1) is 6.54 Å². The summed E-state index contributed by atoms with van der Waals surface area (Å²) in [6.07, 6.45) is 2.95. The second-order valence-corrected chi connectivity index (χ2v) is 2.09. The number of aliphatic hydroxyl groups excluding tert-OH is 1. The summed E-state index contributed by atoms with van der Waals surface area (Å²) in [5.74, 6) is 0.834. The SMILES string of the molecule is CC(O)NCc1ncc[nH]1. The molecule has 0 saturated heterocycles. The molecule has 0 radical (unpaired) electrons. The molecule has 4 nitrogen and oxygen atoms in total. The maximum absolute atomic E-state index is 8.80. The number of hydrogen-bond acceptors (Lipinski definition) is 3. The van der Waals surface area contributed by atoms with Gasteiger partial charge in [-0.3, -0.25) is 5.32 Å². The van der Waals surface area contributed by atoms with E-state index >= 15 is 0 Å². The van der Waals surface area contributed by atoms with Gasteiger partial charge in [0.25, 0.3) is 0 Å². The summed E-state index contributed by atoms with van der Waals surface area (Å²) in [6, 6.07) is 0. The summed E-state index contributed by atoms with van der Waals surface area (Å²) in [5, 5.41) is 11.6. The topological polar surface area (TPSA) is 60.9 Å². The Kier molecular flexibility index (Phi) is 2.42. The van der Waals surface area contributed by atoms with Gasteiger partial charge in [0, 0.05) is 12.4 Å². The van der Waals surface area contributed by atoms with Gasteiger partial charge in [0.15, 0.2) is 0 Å². The monoisotopic (exact) mass is 141 g/mol. The molecule has 0 aliphatic heterocycles. The molecule has 0 bridgehead atoms. The van der Waals surface area contributed by atoms with E-state index in [-0.39, 0.29) is 0 Å². The van der Waals surface area contributed by atoms with Crippen LogP contribution in [0.4, 0.5) is 0 Å². The van der Waals surface area contributed by atoms with Crippen LogP contribution in [-0.2, 0) is 6.54 Å². The standard InChI is InChI=1S/C6H11N3O/c1-5(10)9-4-6-7-2-3-8-6/h2-3,5,9-10H,4H2,1H3,(H,7,8). The van der Waals surface area contributed by atoms with Crippen molar-refractivity contribution < 1.29 is 5.11 Å². The fraction of sp³-hybridized carbons (Fsp3) is 0.500. The highest BCUT2D eigenvalue weighted by Gasteiger charge is 1.95. The first-order chi connectivity index (χ1) is 4.79. The first-order valence-corrected chi connectivity index (χ1v) is 3.19. The quantitative estimate of drug-likeness (QED) is 0.512. The predicted molar refractivity (Wildman–Crippen MR) is 37.1 cm³/mol. The summed E-state index contributed by atoms with van der Waals surface area (Å²) in [5.41, 5.74) is 0. The number of rotatable bonds is 3. The Morgan fingerprint density at radius 2 is 2.70 bits per heavy atom. The Labute approximate surface area is 59.3 Å². The zero-order valence-electron chi connectivity index (χ0n) is 5.83. The molecule has 3 N–H and O–H groups in total. The second-order valence-electron chi connectivity index (χ2n) is 2.09. The number of H-pyrrole nitrogens is 1. The average Bonchev–Trinajstić information content (AvgIpc) is 2.34. The van der Waals surface area contributed by atoms with Crippen LogP contribution in [0, 0.1) is 0 Å². The van der Waals surface area contributed by atoms with Crippen molar-refractivity contribution >= 4 is 0 Å². The Morgan fingerprint density at radius 1 is 1.90 bits per heavy atom. The van der Waals surface area contributed by atoms with Crippen molar-refractivity contribution in [3.63, 3.8) is 0 Å². The number of aliphatic hydroxyl groups is 1. The molecule has 56 valence electrons. The maximum Gasteiger partial charge on any atom is 0.120 e. The van der Waals surface area contributed by atoms with Crippen LogP contribution in [0.5, 0.6) is 0 Å². The van der Waals surface area contributed by atoms with Gasteiger partial charge in [-0.15, -0.1) is 0 Å². The highest BCUT2D eigenvalue weighted by molar-refractivity contribution is 4.85. The van der Waals surface area contributed by atoms with E-state index in [0.717, 1.165) is 5.82 Å². The average molecular weight is 141 g/mol. The van der Waals surface area contributed by atoms with Gasteiger partial charge in [-0.1, -0.05) is 0 Å². The first kappa shape index (κ1) is 7.24. The normalized spacial score (nSPS) is 13.4. The van der Waals surface area contributed by atoms with E-state index in [4.69, 9.17) is 5.11 Å². The number of hydrogen-bond donors (Lipinski definition) is 3. The Balaban J connectivity index is 2.28. The van der Waals surface area contributed by atoms with Gasteiger partial charge >= 0.3 is 0 Å². The lowest BCUT2D eigenvalue weighted by Gasteiger charge is -2.03. The summed E-state index contributed by atoms with van der Waals surface area (Å²) in [6.45, 7) is 2.24. The van der Waals surface area contributed by atoms with Gasteiger partial charge in [0.2, 0.25) is 0 Å². The molecule has 1 unspecified atom stereocenters. The van der Waals surface area contributed by atoms with E-state index in [1.165, 1.54) is 0 Å². The Bertz CT molecular complexity index is 171. The van der Waals surface area contributed by atoms with Crippen LogP contribution in [0.15, 0.2) is 12.4 Å². The fourth-order valence-electron chi connectivity index (χ4n) is 0.639. The third-order valence-electron chi connectivity index (χ3n) is 1.12.